The summed E-state index contributed by atoms with van der Waals surface area (Å²) in [5.41, 5.74) is 0.578. The van der Waals surface area contributed by atoms with E-state index < -0.39 is 24.7 Å². The van der Waals surface area contributed by atoms with E-state index in [1.54, 1.807) is 18.2 Å². The van der Waals surface area contributed by atoms with Gasteiger partial charge in [0.15, 0.2) is 5.92 Å². The molecule has 0 aliphatic heterocycles. The summed E-state index contributed by atoms with van der Waals surface area (Å²) in [4.78, 5) is 10.4. The number of benzene rings is 1. The second-order valence-electron chi connectivity index (χ2n) is 3.58. The topological polar surface area (TPSA) is 46.5 Å². The minimum absolute atomic E-state index is 0.125. The molecule has 0 heterocycles. The summed E-state index contributed by atoms with van der Waals surface area (Å²) in [6.45, 7) is -1.05. The highest BCUT2D eigenvalue weighted by atomic mass is 35.5. The third kappa shape index (κ3) is 4.54. The van der Waals surface area contributed by atoms with Crippen LogP contribution in [0.5, 0.6) is 0 Å². The number of aliphatic carboxylic acids is 1. The van der Waals surface area contributed by atoms with Gasteiger partial charge in [-0.25, -0.2) is 0 Å². The van der Waals surface area contributed by atoms with Crippen LogP contribution in [0.2, 0.25) is 5.02 Å². The fourth-order valence-electron chi connectivity index (χ4n) is 1.23. The van der Waals surface area contributed by atoms with Crippen molar-refractivity contribution in [3.63, 3.8) is 0 Å². The first-order valence-electron chi connectivity index (χ1n) is 4.92. The molecule has 0 spiro atoms. The van der Waals surface area contributed by atoms with Crippen LogP contribution in [0.3, 0.4) is 0 Å². The van der Waals surface area contributed by atoms with Crippen LogP contribution in [0, 0.1) is 5.92 Å². The van der Waals surface area contributed by atoms with Crippen LogP contribution in [-0.2, 0) is 16.1 Å². The van der Waals surface area contributed by atoms with Crippen LogP contribution < -0.4 is 0 Å². The normalized spacial score (nSPS) is 13.3. The molecule has 0 saturated carbocycles. The molecule has 1 aromatic rings. The molecule has 0 amide bonds. The quantitative estimate of drug-likeness (QED) is 0.902. The van der Waals surface area contributed by atoms with Crippen LogP contribution >= 0.6 is 11.6 Å². The van der Waals surface area contributed by atoms with Gasteiger partial charge in [-0.15, -0.1) is 0 Å². The fourth-order valence-corrected chi connectivity index (χ4v) is 1.44. The maximum Gasteiger partial charge on any atom is 0.404 e. The third-order valence-corrected chi connectivity index (χ3v) is 2.37. The van der Waals surface area contributed by atoms with Crippen molar-refractivity contribution in [1.29, 1.82) is 0 Å². The molecular formula is C11H10ClF3O3. The van der Waals surface area contributed by atoms with E-state index in [-0.39, 0.29) is 6.61 Å². The number of carboxylic acids is 1. The SMILES string of the molecule is O=C(O)C(COCc1cccc(Cl)c1)C(F)(F)F. The van der Waals surface area contributed by atoms with E-state index in [2.05, 4.69) is 0 Å². The maximum atomic E-state index is 12.3. The van der Waals surface area contributed by atoms with Gasteiger partial charge in [0.2, 0.25) is 0 Å². The average Bonchev–Trinajstić information content (AvgIpc) is 2.22. The summed E-state index contributed by atoms with van der Waals surface area (Å²) in [6, 6.07) is 6.39. The second kappa shape index (κ2) is 6.06. The molecule has 3 nitrogen and oxygen atoms in total. The number of rotatable bonds is 5. The van der Waals surface area contributed by atoms with E-state index in [0.29, 0.717) is 10.6 Å². The van der Waals surface area contributed by atoms with Crippen LogP contribution in [-0.4, -0.2) is 23.9 Å². The van der Waals surface area contributed by atoms with Gasteiger partial charge >= 0.3 is 12.1 Å². The van der Waals surface area contributed by atoms with Crippen molar-refractivity contribution in [3.05, 3.63) is 34.9 Å². The molecule has 0 fully saturated rings. The van der Waals surface area contributed by atoms with Gasteiger partial charge in [0.1, 0.15) is 0 Å². The Bertz CT molecular complexity index is 420. The van der Waals surface area contributed by atoms with Gasteiger partial charge in [-0.2, -0.15) is 13.2 Å². The fraction of sp³-hybridized carbons (Fsp3) is 0.364. The van der Waals surface area contributed by atoms with Gasteiger partial charge in [-0.05, 0) is 17.7 Å². The summed E-state index contributed by atoms with van der Waals surface area (Å²) in [6.07, 6.45) is -4.82. The largest absolute Gasteiger partial charge is 0.481 e. The van der Waals surface area contributed by atoms with Crippen LogP contribution in [0.25, 0.3) is 0 Å². The first-order chi connectivity index (χ1) is 8.30. The molecule has 1 unspecified atom stereocenters. The molecule has 0 radical (unpaired) electrons. The van der Waals surface area contributed by atoms with Crippen molar-refractivity contribution in [2.24, 2.45) is 5.92 Å². The Balaban J connectivity index is 2.52. The number of carbonyl (C=O) groups is 1. The molecule has 7 heteroatoms. The molecule has 1 rings (SSSR count). The molecule has 0 bridgehead atoms. The van der Waals surface area contributed by atoms with Crippen molar-refractivity contribution in [3.8, 4) is 0 Å². The van der Waals surface area contributed by atoms with Gasteiger partial charge in [-0.1, -0.05) is 23.7 Å². The minimum atomic E-state index is -4.82. The third-order valence-electron chi connectivity index (χ3n) is 2.14. The molecular weight excluding hydrogens is 273 g/mol. The standard InChI is InChI=1S/C11H10ClF3O3/c12-8-3-1-2-7(4-8)5-18-6-9(10(16)17)11(13,14)15/h1-4,9H,5-6H2,(H,16,17). The molecule has 1 aromatic carbocycles. The van der Waals surface area contributed by atoms with Crippen LogP contribution in [0.1, 0.15) is 5.56 Å². The van der Waals surface area contributed by atoms with Crippen molar-refractivity contribution in [2.75, 3.05) is 6.61 Å². The maximum absolute atomic E-state index is 12.3. The lowest BCUT2D eigenvalue weighted by molar-refractivity contribution is -0.203. The minimum Gasteiger partial charge on any atom is -0.481 e. The Kier molecular flexibility index (Phi) is 4.98. The lowest BCUT2D eigenvalue weighted by Crippen LogP contribution is -2.34. The lowest BCUT2D eigenvalue weighted by Gasteiger charge is -2.16. The van der Waals surface area contributed by atoms with E-state index in [9.17, 15) is 18.0 Å². The summed E-state index contributed by atoms with van der Waals surface area (Å²) in [5.74, 6) is -4.47. The molecule has 1 N–H and O–H groups in total. The predicted octanol–water partition coefficient (Wildman–Crippen LogP) is 3.12. The van der Waals surface area contributed by atoms with Gasteiger partial charge in [0, 0.05) is 5.02 Å². The van der Waals surface area contributed by atoms with Crippen molar-refractivity contribution >= 4 is 17.6 Å². The highest BCUT2D eigenvalue weighted by Crippen LogP contribution is 2.27. The van der Waals surface area contributed by atoms with Gasteiger partial charge in [0.25, 0.3) is 0 Å². The smallest absolute Gasteiger partial charge is 0.404 e. The molecule has 1 atom stereocenters. The summed E-state index contributed by atoms with van der Waals surface area (Å²) >= 11 is 5.68. The van der Waals surface area contributed by atoms with E-state index in [0.717, 1.165) is 0 Å². The van der Waals surface area contributed by atoms with Crippen LogP contribution in [0.4, 0.5) is 13.2 Å². The number of hydrogen-bond acceptors (Lipinski definition) is 2. The van der Waals surface area contributed by atoms with E-state index in [1.807, 2.05) is 0 Å². The molecule has 0 aromatic heterocycles. The van der Waals surface area contributed by atoms with Crippen LogP contribution in [0.15, 0.2) is 24.3 Å². The first-order valence-corrected chi connectivity index (χ1v) is 5.30. The summed E-state index contributed by atoms with van der Waals surface area (Å²) in [5, 5.41) is 8.86. The van der Waals surface area contributed by atoms with Crippen molar-refractivity contribution in [1.82, 2.24) is 0 Å². The highest BCUT2D eigenvalue weighted by Gasteiger charge is 2.45. The number of alkyl halides is 3. The van der Waals surface area contributed by atoms with E-state index in [1.165, 1.54) is 6.07 Å². The predicted molar refractivity (Wildman–Crippen MR) is 58.3 cm³/mol. The first kappa shape index (κ1) is 14.8. The Morgan fingerprint density at radius 3 is 2.61 bits per heavy atom. The van der Waals surface area contributed by atoms with E-state index >= 15 is 0 Å². The highest BCUT2D eigenvalue weighted by molar-refractivity contribution is 6.30. The molecule has 0 aliphatic carbocycles. The second-order valence-corrected chi connectivity index (χ2v) is 4.01. The molecule has 0 saturated heterocycles. The zero-order valence-electron chi connectivity index (χ0n) is 9.08. The monoisotopic (exact) mass is 282 g/mol. The number of ether oxygens (including phenoxy) is 1. The van der Waals surface area contributed by atoms with Gasteiger partial charge < -0.3 is 9.84 Å². The summed E-state index contributed by atoms with van der Waals surface area (Å²) in [7, 11) is 0. The Labute approximate surface area is 106 Å². The number of halogens is 4. The zero-order chi connectivity index (χ0) is 13.8. The molecule has 100 valence electrons. The lowest BCUT2D eigenvalue weighted by atomic mass is 10.1. The zero-order valence-corrected chi connectivity index (χ0v) is 9.83. The number of hydrogen-bond donors (Lipinski definition) is 1. The molecule has 18 heavy (non-hydrogen) atoms. The average molecular weight is 283 g/mol. The Morgan fingerprint density at radius 2 is 2.11 bits per heavy atom. The Morgan fingerprint density at radius 1 is 1.44 bits per heavy atom. The van der Waals surface area contributed by atoms with E-state index in [4.69, 9.17) is 21.4 Å². The Hall–Kier alpha value is -1.27. The summed E-state index contributed by atoms with van der Waals surface area (Å²) < 4.78 is 41.6. The number of carboxylic acid groups (broad SMARTS) is 1. The molecule has 0 aliphatic rings. The van der Waals surface area contributed by atoms with Gasteiger partial charge in [0.05, 0.1) is 13.2 Å². The van der Waals surface area contributed by atoms with Crippen molar-refractivity contribution < 1.29 is 27.8 Å². The van der Waals surface area contributed by atoms with Crippen molar-refractivity contribution in [2.45, 2.75) is 12.8 Å². The van der Waals surface area contributed by atoms with Gasteiger partial charge in [-0.3, -0.25) is 4.79 Å².